The van der Waals surface area contributed by atoms with Gasteiger partial charge in [-0.2, -0.15) is 0 Å². The summed E-state index contributed by atoms with van der Waals surface area (Å²) < 4.78 is 0. The molecule has 0 spiro atoms. The molecule has 0 radical (unpaired) electrons. The Kier molecular flexibility index (Phi) is 6.46. The summed E-state index contributed by atoms with van der Waals surface area (Å²) in [5, 5.41) is 12.7. The molecule has 1 aliphatic rings. The van der Waals surface area contributed by atoms with Crippen molar-refractivity contribution < 1.29 is 9.90 Å². The van der Waals surface area contributed by atoms with Gasteiger partial charge in [0.15, 0.2) is 0 Å². The van der Waals surface area contributed by atoms with E-state index in [0.29, 0.717) is 12.5 Å². The van der Waals surface area contributed by atoms with Gasteiger partial charge in [-0.1, -0.05) is 19.8 Å². The van der Waals surface area contributed by atoms with E-state index in [0.717, 1.165) is 12.5 Å². The number of rotatable bonds is 7. The molecule has 4 heteroatoms. The highest BCUT2D eigenvalue weighted by atomic mass is 16.4. The van der Waals surface area contributed by atoms with Gasteiger partial charge in [0.1, 0.15) is 5.54 Å². The van der Waals surface area contributed by atoms with Gasteiger partial charge in [-0.25, -0.2) is 0 Å². The van der Waals surface area contributed by atoms with Crippen LogP contribution >= 0.6 is 0 Å². The minimum atomic E-state index is -0.831. The van der Waals surface area contributed by atoms with Crippen molar-refractivity contribution in [2.24, 2.45) is 5.92 Å². The molecule has 0 aromatic heterocycles. The van der Waals surface area contributed by atoms with Gasteiger partial charge in [-0.15, -0.1) is 0 Å². The Labute approximate surface area is 123 Å². The van der Waals surface area contributed by atoms with Crippen molar-refractivity contribution >= 4 is 5.97 Å². The van der Waals surface area contributed by atoms with Crippen LogP contribution in [0.5, 0.6) is 0 Å². The molecule has 1 rings (SSSR count). The van der Waals surface area contributed by atoms with Crippen molar-refractivity contribution in [2.75, 3.05) is 13.6 Å². The molecule has 20 heavy (non-hydrogen) atoms. The molecule has 0 saturated heterocycles. The van der Waals surface area contributed by atoms with Crippen LogP contribution in [-0.4, -0.2) is 47.2 Å². The van der Waals surface area contributed by atoms with Gasteiger partial charge in [-0.3, -0.25) is 10.1 Å². The van der Waals surface area contributed by atoms with E-state index in [1.54, 1.807) is 6.92 Å². The minimum Gasteiger partial charge on any atom is -0.480 e. The third-order valence-corrected chi connectivity index (χ3v) is 4.58. The molecular formula is C16H32N2O2. The van der Waals surface area contributed by atoms with E-state index >= 15 is 0 Å². The van der Waals surface area contributed by atoms with Crippen LogP contribution in [0.4, 0.5) is 0 Å². The van der Waals surface area contributed by atoms with Crippen molar-refractivity contribution in [3.63, 3.8) is 0 Å². The van der Waals surface area contributed by atoms with Crippen LogP contribution in [0.2, 0.25) is 0 Å². The average molecular weight is 284 g/mol. The zero-order valence-corrected chi connectivity index (χ0v) is 13.8. The summed E-state index contributed by atoms with van der Waals surface area (Å²) in [6.07, 6.45) is 5.78. The monoisotopic (exact) mass is 284 g/mol. The molecule has 4 nitrogen and oxygen atoms in total. The number of nitrogens with one attached hydrogen (secondary N) is 1. The van der Waals surface area contributed by atoms with Crippen molar-refractivity contribution in [2.45, 2.75) is 77.4 Å². The number of nitrogens with zero attached hydrogens (tertiary/aromatic N) is 1. The normalized spacial score (nSPS) is 26.8. The quantitative estimate of drug-likeness (QED) is 0.755. The number of carboxylic acid groups (broad SMARTS) is 1. The molecule has 3 atom stereocenters. The Hall–Kier alpha value is -0.610. The lowest BCUT2D eigenvalue weighted by atomic mass is 9.86. The largest absolute Gasteiger partial charge is 0.480 e. The number of hydrogen-bond donors (Lipinski definition) is 2. The molecule has 0 bridgehead atoms. The standard InChI is InChI=1S/C16H32N2O2/c1-12(2)17-16(4,15(19)20)9-10-18(5)14-8-6-7-13(3)11-14/h12-14,17H,6-11H2,1-5H3,(H,19,20). The molecule has 2 N–H and O–H groups in total. The van der Waals surface area contributed by atoms with E-state index in [2.05, 4.69) is 24.2 Å². The first kappa shape index (κ1) is 17.4. The second-order valence-electron chi connectivity index (χ2n) is 7.09. The third-order valence-electron chi connectivity index (χ3n) is 4.58. The molecule has 118 valence electrons. The minimum absolute atomic E-state index is 0.177. The summed E-state index contributed by atoms with van der Waals surface area (Å²) >= 11 is 0. The summed E-state index contributed by atoms with van der Waals surface area (Å²) in [7, 11) is 2.14. The molecule has 0 aliphatic heterocycles. The first-order chi connectivity index (χ1) is 9.24. The topological polar surface area (TPSA) is 52.6 Å². The van der Waals surface area contributed by atoms with E-state index in [9.17, 15) is 9.90 Å². The van der Waals surface area contributed by atoms with Crippen molar-refractivity contribution in [3.8, 4) is 0 Å². The number of hydrogen-bond acceptors (Lipinski definition) is 3. The molecule has 1 saturated carbocycles. The van der Waals surface area contributed by atoms with Crippen molar-refractivity contribution in [1.82, 2.24) is 10.2 Å². The SMILES string of the molecule is CC1CCCC(N(C)CCC(C)(NC(C)C)C(=O)O)C1. The second kappa shape index (κ2) is 7.41. The fourth-order valence-electron chi connectivity index (χ4n) is 3.26. The van der Waals surface area contributed by atoms with Gasteiger partial charge in [0, 0.05) is 18.6 Å². The van der Waals surface area contributed by atoms with Crippen LogP contribution in [0.1, 0.15) is 59.8 Å². The number of aliphatic carboxylic acids is 1. The number of carboxylic acids is 1. The fraction of sp³-hybridized carbons (Fsp3) is 0.938. The molecule has 0 aromatic carbocycles. The van der Waals surface area contributed by atoms with E-state index in [1.165, 1.54) is 25.7 Å². The van der Waals surface area contributed by atoms with Gasteiger partial charge in [0.25, 0.3) is 0 Å². The lowest BCUT2D eigenvalue weighted by Gasteiger charge is -2.36. The first-order valence-electron chi connectivity index (χ1n) is 7.96. The van der Waals surface area contributed by atoms with Crippen molar-refractivity contribution in [1.29, 1.82) is 0 Å². The van der Waals surface area contributed by atoms with E-state index in [4.69, 9.17) is 0 Å². The Balaban J connectivity index is 2.52. The lowest BCUT2D eigenvalue weighted by molar-refractivity contribution is -0.145. The Morgan fingerprint density at radius 1 is 1.45 bits per heavy atom. The smallest absolute Gasteiger partial charge is 0.323 e. The molecule has 0 heterocycles. The highest BCUT2D eigenvalue weighted by molar-refractivity contribution is 5.78. The van der Waals surface area contributed by atoms with E-state index in [-0.39, 0.29) is 6.04 Å². The summed E-state index contributed by atoms with van der Waals surface area (Å²) in [5.74, 6) is 0.0486. The molecule has 0 amide bonds. The Morgan fingerprint density at radius 3 is 2.60 bits per heavy atom. The zero-order chi connectivity index (χ0) is 15.3. The maximum atomic E-state index is 11.5. The molecular weight excluding hydrogens is 252 g/mol. The summed E-state index contributed by atoms with van der Waals surface area (Å²) in [6.45, 7) is 8.94. The van der Waals surface area contributed by atoms with Crippen molar-refractivity contribution in [3.05, 3.63) is 0 Å². The Bertz CT molecular complexity index is 320. The summed E-state index contributed by atoms with van der Waals surface area (Å²) in [5.41, 5.74) is -0.831. The number of carbonyl (C=O) groups is 1. The van der Waals surface area contributed by atoms with Crippen LogP contribution in [-0.2, 0) is 4.79 Å². The highest BCUT2D eigenvalue weighted by Crippen LogP contribution is 2.27. The summed E-state index contributed by atoms with van der Waals surface area (Å²) in [4.78, 5) is 13.9. The molecule has 3 unspecified atom stereocenters. The lowest BCUT2D eigenvalue weighted by Crippen LogP contribution is -2.54. The van der Waals surface area contributed by atoms with Crippen LogP contribution in [0.25, 0.3) is 0 Å². The predicted molar refractivity (Wildman–Crippen MR) is 83.0 cm³/mol. The third kappa shape index (κ3) is 5.06. The van der Waals surface area contributed by atoms with Gasteiger partial charge in [0.05, 0.1) is 0 Å². The van der Waals surface area contributed by atoms with Crippen LogP contribution < -0.4 is 5.32 Å². The predicted octanol–water partition coefficient (Wildman–Crippen LogP) is 2.73. The maximum absolute atomic E-state index is 11.5. The first-order valence-corrected chi connectivity index (χ1v) is 7.96. The highest BCUT2D eigenvalue weighted by Gasteiger charge is 2.34. The van der Waals surface area contributed by atoms with E-state index in [1.807, 2.05) is 13.8 Å². The maximum Gasteiger partial charge on any atom is 0.323 e. The second-order valence-corrected chi connectivity index (χ2v) is 7.09. The van der Waals surface area contributed by atoms with Crippen LogP contribution in [0, 0.1) is 5.92 Å². The van der Waals surface area contributed by atoms with Gasteiger partial charge in [0.2, 0.25) is 0 Å². The van der Waals surface area contributed by atoms with Gasteiger partial charge in [-0.05, 0) is 53.0 Å². The summed E-state index contributed by atoms with van der Waals surface area (Å²) in [6, 6.07) is 0.798. The van der Waals surface area contributed by atoms with Gasteiger partial charge >= 0.3 is 5.97 Å². The molecule has 1 fully saturated rings. The fourth-order valence-corrected chi connectivity index (χ4v) is 3.26. The van der Waals surface area contributed by atoms with Crippen LogP contribution in [0.3, 0.4) is 0 Å². The van der Waals surface area contributed by atoms with E-state index < -0.39 is 11.5 Å². The zero-order valence-electron chi connectivity index (χ0n) is 13.8. The van der Waals surface area contributed by atoms with Gasteiger partial charge < -0.3 is 10.0 Å². The van der Waals surface area contributed by atoms with Crippen LogP contribution in [0.15, 0.2) is 0 Å². The Morgan fingerprint density at radius 2 is 2.10 bits per heavy atom. The molecule has 0 aromatic rings. The molecule has 1 aliphatic carbocycles. The average Bonchev–Trinajstić information content (AvgIpc) is 2.35.